The normalized spacial score (nSPS) is 11.2. The minimum Gasteiger partial charge on any atom is -0.491 e. The van der Waals surface area contributed by atoms with Crippen molar-refractivity contribution in [3.05, 3.63) is 23.2 Å². The van der Waals surface area contributed by atoms with Crippen LogP contribution in [0.25, 0.3) is 0 Å². The number of nitrogens with two attached hydrogens (primary N) is 1. The number of amides is 1. The first-order valence-corrected chi connectivity index (χ1v) is 6.90. The minimum absolute atomic E-state index is 0. The average molecular weight is 373 g/mol. The highest BCUT2D eigenvalue weighted by atomic mass is 35.5. The van der Waals surface area contributed by atoms with Crippen molar-refractivity contribution in [2.45, 2.75) is 6.92 Å². The molecule has 1 unspecified atom stereocenters. The topological polar surface area (TPSA) is 67.6 Å². The van der Waals surface area contributed by atoms with E-state index < -0.39 is 0 Å². The average Bonchev–Trinajstić information content (AvgIpc) is 2.39. The van der Waals surface area contributed by atoms with E-state index in [0.29, 0.717) is 29.6 Å². The van der Waals surface area contributed by atoms with Gasteiger partial charge in [0.2, 0.25) is 5.91 Å². The molecule has 128 valence electrons. The van der Waals surface area contributed by atoms with E-state index in [2.05, 4.69) is 5.32 Å². The largest absolute Gasteiger partial charge is 0.491 e. The first kappa shape index (κ1) is 23.5. The van der Waals surface area contributed by atoms with Crippen molar-refractivity contribution in [3.63, 3.8) is 0 Å². The molecule has 1 atom stereocenters. The highest BCUT2D eigenvalue weighted by Gasteiger charge is 2.12. The Kier molecular flexibility index (Phi) is 12.6. The fourth-order valence-electron chi connectivity index (χ4n) is 1.41. The molecule has 3 N–H and O–H groups in total. The van der Waals surface area contributed by atoms with Gasteiger partial charge in [-0.15, -0.1) is 24.8 Å². The molecule has 1 amide bonds. The molecule has 1 aromatic rings. The fraction of sp³-hybridized carbons (Fsp3) is 0.500. The quantitative estimate of drug-likeness (QED) is 0.772. The Morgan fingerprint density at radius 2 is 2.05 bits per heavy atom. The summed E-state index contributed by atoms with van der Waals surface area (Å²) < 4.78 is 5.57. The number of carbonyl (C=O) groups excluding carboxylic acids is 1. The third-order valence-electron chi connectivity index (χ3n) is 2.80. The number of hydrogen-bond acceptors (Lipinski definition) is 4. The van der Waals surface area contributed by atoms with E-state index in [4.69, 9.17) is 22.1 Å². The van der Waals surface area contributed by atoms with Gasteiger partial charge in [-0.2, -0.15) is 0 Å². The van der Waals surface area contributed by atoms with Gasteiger partial charge in [-0.25, -0.2) is 0 Å². The summed E-state index contributed by atoms with van der Waals surface area (Å²) in [5.74, 6) is 0.257. The number of likely N-dealkylation sites (N-methyl/N-ethyl adjacent to an activating group) is 1. The molecular formula is C14H24Cl3N3O2. The molecule has 0 aliphatic heterocycles. The summed E-state index contributed by atoms with van der Waals surface area (Å²) in [5, 5.41) is 3.24. The standard InChI is InChI=1S/C14H22ClN3O2.2ClH/c1-10(9-16)14(19)17-11-4-5-13(12(15)8-11)20-7-6-18(2)3;;/h4-5,8,10H,6-7,9,16H2,1-3H3,(H,17,19);2*1H. The Balaban J connectivity index is 0. The monoisotopic (exact) mass is 371 g/mol. The van der Waals surface area contributed by atoms with Crippen LogP contribution in [0.15, 0.2) is 18.2 Å². The van der Waals surface area contributed by atoms with Crippen LogP contribution in [0.1, 0.15) is 6.92 Å². The molecule has 0 aliphatic carbocycles. The Morgan fingerprint density at radius 3 is 2.55 bits per heavy atom. The van der Waals surface area contributed by atoms with Crippen LogP contribution in [0, 0.1) is 5.92 Å². The van der Waals surface area contributed by atoms with Crippen LogP contribution in [-0.2, 0) is 4.79 Å². The van der Waals surface area contributed by atoms with Crippen LogP contribution < -0.4 is 15.8 Å². The summed E-state index contributed by atoms with van der Waals surface area (Å²) in [5.41, 5.74) is 6.09. The van der Waals surface area contributed by atoms with Gasteiger partial charge in [0.15, 0.2) is 0 Å². The summed E-state index contributed by atoms with van der Waals surface area (Å²) in [6.45, 7) is 3.45. The molecule has 5 nitrogen and oxygen atoms in total. The molecule has 0 spiro atoms. The second-order valence-corrected chi connectivity index (χ2v) is 5.33. The predicted octanol–water partition coefficient (Wildman–Crippen LogP) is 2.66. The van der Waals surface area contributed by atoms with Gasteiger partial charge >= 0.3 is 0 Å². The van der Waals surface area contributed by atoms with E-state index in [9.17, 15) is 4.79 Å². The third kappa shape index (κ3) is 8.06. The van der Waals surface area contributed by atoms with Gasteiger partial charge < -0.3 is 20.7 Å². The molecule has 22 heavy (non-hydrogen) atoms. The molecule has 0 bridgehead atoms. The molecule has 0 saturated carbocycles. The Morgan fingerprint density at radius 1 is 1.41 bits per heavy atom. The SMILES string of the molecule is CC(CN)C(=O)Nc1ccc(OCCN(C)C)c(Cl)c1.Cl.Cl. The number of halogens is 3. The van der Waals surface area contributed by atoms with Crippen molar-refractivity contribution < 1.29 is 9.53 Å². The number of ether oxygens (including phenoxy) is 1. The summed E-state index contributed by atoms with van der Waals surface area (Å²) in [7, 11) is 3.95. The molecule has 1 rings (SSSR count). The highest BCUT2D eigenvalue weighted by Crippen LogP contribution is 2.27. The van der Waals surface area contributed by atoms with Crippen LogP contribution in [0.2, 0.25) is 5.02 Å². The van der Waals surface area contributed by atoms with E-state index in [-0.39, 0.29) is 36.6 Å². The third-order valence-corrected chi connectivity index (χ3v) is 3.09. The van der Waals surface area contributed by atoms with Gasteiger partial charge in [0.1, 0.15) is 12.4 Å². The van der Waals surface area contributed by atoms with Crippen molar-refractivity contribution in [2.24, 2.45) is 11.7 Å². The molecular weight excluding hydrogens is 349 g/mol. The first-order valence-electron chi connectivity index (χ1n) is 6.52. The zero-order valence-corrected chi connectivity index (χ0v) is 15.4. The summed E-state index contributed by atoms with van der Waals surface area (Å²) in [6.07, 6.45) is 0. The van der Waals surface area contributed by atoms with Crippen LogP contribution in [0.4, 0.5) is 5.69 Å². The lowest BCUT2D eigenvalue weighted by molar-refractivity contribution is -0.119. The molecule has 0 fully saturated rings. The van der Waals surface area contributed by atoms with Gasteiger partial charge in [0.05, 0.1) is 5.02 Å². The second kappa shape index (κ2) is 11.8. The summed E-state index contributed by atoms with van der Waals surface area (Å²) in [4.78, 5) is 13.7. The zero-order valence-electron chi connectivity index (χ0n) is 13.0. The molecule has 0 radical (unpaired) electrons. The van der Waals surface area contributed by atoms with Gasteiger partial charge in [0.25, 0.3) is 0 Å². The van der Waals surface area contributed by atoms with Crippen LogP contribution in [0.3, 0.4) is 0 Å². The van der Waals surface area contributed by atoms with Gasteiger partial charge in [-0.1, -0.05) is 18.5 Å². The maximum absolute atomic E-state index is 11.7. The fourth-order valence-corrected chi connectivity index (χ4v) is 1.64. The molecule has 1 aromatic carbocycles. The number of rotatable bonds is 7. The number of anilines is 1. The number of nitrogens with zero attached hydrogens (tertiary/aromatic N) is 1. The molecule has 8 heteroatoms. The summed E-state index contributed by atoms with van der Waals surface area (Å²) in [6, 6.07) is 5.19. The summed E-state index contributed by atoms with van der Waals surface area (Å²) >= 11 is 6.13. The van der Waals surface area contributed by atoms with Crippen LogP contribution in [-0.4, -0.2) is 44.6 Å². The van der Waals surface area contributed by atoms with E-state index >= 15 is 0 Å². The maximum Gasteiger partial charge on any atom is 0.228 e. The minimum atomic E-state index is -0.232. The highest BCUT2D eigenvalue weighted by molar-refractivity contribution is 6.32. The molecule has 0 aliphatic rings. The number of nitrogens with one attached hydrogen (secondary N) is 1. The van der Waals surface area contributed by atoms with Crippen molar-refractivity contribution in [1.29, 1.82) is 0 Å². The van der Waals surface area contributed by atoms with Gasteiger partial charge in [-0.3, -0.25) is 4.79 Å². The predicted molar refractivity (Wildman–Crippen MR) is 96.8 cm³/mol. The molecule has 0 aromatic heterocycles. The maximum atomic E-state index is 11.7. The number of benzene rings is 1. The van der Waals surface area contributed by atoms with Crippen molar-refractivity contribution in [1.82, 2.24) is 4.90 Å². The first-order chi connectivity index (χ1) is 9.43. The Labute approximate surface area is 149 Å². The number of hydrogen-bond donors (Lipinski definition) is 2. The van der Waals surface area contributed by atoms with Crippen molar-refractivity contribution in [2.75, 3.05) is 39.1 Å². The van der Waals surface area contributed by atoms with Crippen molar-refractivity contribution >= 4 is 48.0 Å². The molecule has 0 saturated heterocycles. The lowest BCUT2D eigenvalue weighted by Crippen LogP contribution is -2.26. The lowest BCUT2D eigenvalue weighted by atomic mass is 10.1. The van der Waals surface area contributed by atoms with Crippen molar-refractivity contribution in [3.8, 4) is 5.75 Å². The second-order valence-electron chi connectivity index (χ2n) is 4.92. The molecule has 0 heterocycles. The van der Waals surface area contributed by atoms with Gasteiger partial charge in [0, 0.05) is 24.7 Å². The zero-order chi connectivity index (χ0) is 15.1. The van der Waals surface area contributed by atoms with E-state index in [1.807, 2.05) is 19.0 Å². The lowest BCUT2D eigenvalue weighted by Gasteiger charge is -2.14. The smallest absolute Gasteiger partial charge is 0.228 e. The Bertz CT molecular complexity index is 459. The van der Waals surface area contributed by atoms with Crippen LogP contribution in [0.5, 0.6) is 5.75 Å². The van der Waals surface area contributed by atoms with Crippen LogP contribution >= 0.6 is 36.4 Å². The number of carbonyl (C=O) groups is 1. The van der Waals surface area contributed by atoms with E-state index in [1.54, 1.807) is 25.1 Å². The van der Waals surface area contributed by atoms with Gasteiger partial charge in [-0.05, 0) is 32.3 Å². The Hall–Kier alpha value is -0.720. The van der Waals surface area contributed by atoms with E-state index in [1.165, 1.54) is 0 Å². The van der Waals surface area contributed by atoms with E-state index in [0.717, 1.165) is 6.54 Å².